The Hall–Kier alpha value is -5.95. The summed E-state index contributed by atoms with van der Waals surface area (Å²) in [5.74, 6) is 0.672. The Morgan fingerprint density at radius 3 is 2.06 bits per heavy atom. The van der Waals surface area contributed by atoms with Crippen LogP contribution in [0.1, 0.15) is 0 Å². The summed E-state index contributed by atoms with van der Waals surface area (Å²) in [5.41, 5.74) is 5.19. The number of thiophene rings is 2. The Morgan fingerprint density at radius 2 is 1.22 bits per heavy atom. The molecule has 7 aromatic carbocycles. The van der Waals surface area contributed by atoms with E-state index in [2.05, 4.69) is 131 Å². The molecule has 0 radical (unpaired) electrons. The average Bonchev–Trinajstić information content (AvgIpc) is 3.84. The number of benzene rings is 7. The van der Waals surface area contributed by atoms with E-state index in [1.165, 1.54) is 67.4 Å². The number of pyridine rings is 1. The van der Waals surface area contributed by atoms with Crippen molar-refractivity contribution in [1.82, 2.24) is 19.5 Å². The smallest absolute Gasteiger partial charge is 0.235 e. The number of aromatic nitrogens is 4. The van der Waals surface area contributed by atoms with E-state index in [-0.39, 0.29) is 0 Å². The lowest BCUT2D eigenvalue weighted by atomic mass is 9.98. The van der Waals surface area contributed by atoms with Crippen molar-refractivity contribution in [3.05, 3.63) is 134 Å². The summed E-state index contributed by atoms with van der Waals surface area (Å²) in [5, 5.41) is 13.3. The molecule has 0 saturated heterocycles. The van der Waals surface area contributed by atoms with Crippen LogP contribution in [0.25, 0.3) is 112 Å². The number of rotatable bonds is 2. The van der Waals surface area contributed by atoms with Gasteiger partial charge in [-0.05, 0) is 47.2 Å². The molecule has 0 atom stereocenters. The van der Waals surface area contributed by atoms with E-state index in [0.717, 1.165) is 38.4 Å². The van der Waals surface area contributed by atoms with E-state index >= 15 is 0 Å². The minimum atomic E-state index is 0.672. The summed E-state index contributed by atoms with van der Waals surface area (Å²) in [6.45, 7) is 0. The van der Waals surface area contributed by atoms with Gasteiger partial charge in [-0.3, -0.25) is 9.55 Å². The highest BCUT2D eigenvalue weighted by molar-refractivity contribution is 7.27. The molecule has 4 nitrogen and oxygen atoms in total. The van der Waals surface area contributed by atoms with Gasteiger partial charge < -0.3 is 0 Å². The Labute approximate surface area is 286 Å². The Morgan fingerprint density at radius 1 is 0.510 bits per heavy atom. The van der Waals surface area contributed by atoms with E-state index in [1.807, 2.05) is 35.1 Å². The maximum absolute atomic E-state index is 5.51. The zero-order valence-corrected chi connectivity index (χ0v) is 27.4. The van der Waals surface area contributed by atoms with Gasteiger partial charge in [0.15, 0.2) is 0 Å². The summed E-state index contributed by atoms with van der Waals surface area (Å²) in [7, 11) is 0. The van der Waals surface area contributed by atoms with Gasteiger partial charge in [-0.1, -0.05) is 84.9 Å². The Kier molecular flexibility index (Phi) is 4.97. The summed E-state index contributed by atoms with van der Waals surface area (Å²) in [6.07, 6.45) is 3.79. The molecule has 5 heterocycles. The van der Waals surface area contributed by atoms with Crippen LogP contribution in [0, 0.1) is 0 Å². The monoisotopic (exact) mass is 658 g/mol. The fraction of sp³-hybridized carbons (Fsp3) is 0. The second-order valence-corrected chi connectivity index (χ2v) is 14.9. The van der Waals surface area contributed by atoms with Gasteiger partial charge in [-0.25, -0.2) is 9.97 Å². The predicted molar refractivity (Wildman–Crippen MR) is 209 cm³/mol. The third-order valence-electron chi connectivity index (χ3n) is 10.2. The molecule has 0 bridgehead atoms. The van der Waals surface area contributed by atoms with Crippen molar-refractivity contribution < 1.29 is 0 Å². The van der Waals surface area contributed by atoms with E-state index in [1.54, 1.807) is 0 Å². The second kappa shape index (κ2) is 9.35. The molecule has 0 N–H and O–H groups in total. The first-order valence-corrected chi connectivity index (χ1v) is 18.0. The van der Waals surface area contributed by atoms with E-state index in [4.69, 9.17) is 9.97 Å². The lowest BCUT2D eigenvalue weighted by Gasteiger charge is -2.13. The largest absolute Gasteiger partial charge is 0.276 e. The summed E-state index contributed by atoms with van der Waals surface area (Å²) in [6, 6.07) is 43.9. The van der Waals surface area contributed by atoms with Gasteiger partial charge >= 0.3 is 0 Å². The number of hydrogen-bond acceptors (Lipinski definition) is 5. The van der Waals surface area contributed by atoms with Crippen molar-refractivity contribution >= 4 is 117 Å². The summed E-state index contributed by atoms with van der Waals surface area (Å²) in [4.78, 5) is 15.5. The summed E-state index contributed by atoms with van der Waals surface area (Å²) < 4.78 is 7.54. The van der Waals surface area contributed by atoms with Crippen LogP contribution in [0.4, 0.5) is 0 Å². The molecule has 0 amide bonds. The highest BCUT2D eigenvalue weighted by atomic mass is 32.1. The molecule has 5 aromatic heterocycles. The molecule has 0 aliphatic carbocycles. The molecule has 12 rings (SSSR count). The molecule has 49 heavy (non-hydrogen) atoms. The maximum Gasteiger partial charge on any atom is 0.235 e. The van der Waals surface area contributed by atoms with Gasteiger partial charge in [0.1, 0.15) is 0 Å². The van der Waals surface area contributed by atoms with Crippen LogP contribution < -0.4 is 0 Å². The normalized spacial score (nSPS) is 12.5. The minimum absolute atomic E-state index is 0.672. The molecule has 0 unspecified atom stereocenters. The van der Waals surface area contributed by atoms with Crippen LogP contribution in [0.5, 0.6) is 0 Å². The SMILES string of the molecule is c1ccc(-c2nc(-n3c4cc5c6ccccc6sc5c5ccc6cc7c8ccccc8sc7c3c6c54)nc3c2ccc2ccncc23)cc1. The van der Waals surface area contributed by atoms with Crippen molar-refractivity contribution in [3.8, 4) is 17.2 Å². The topological polar surface area (TPSA) is 43.6 Å². The predicted octanol–water partition coefficient (Wildman–Crippen LogP) is 12.3. The highest BCUT2D eigenvalue weighted by Crippen LogP contribution is 2.50. The number of nitrogens with zero attached hydrogens (tertiary/aromatic N) is 4. The number of fused-ring (bicyclic) bond motifs is 11. The zero-order chi connectivity index (χ0) is 31.8. The lowest BCUT2D eigenvalue weighted by Crippen LogP contribution is -2.04. The Balaban J connectivity index is 1.35. The van der Waals surface area contributed by atoms with Crippen molar-refractivity contribution in [3.63, 3.8) is 0 Å². The zero-order valence-electron chi connectivity index (χ0n) is 25.8. The van der Waals surface area contributed by atoms with Gasteiger partial charge in [0.05, 0.1) is 26.9 Å². The Bertz CT molecular complexity index is 3330. The van der Waals surface area contributed by atoms with Crippen molar-refractivity contribution in [2.75, 3.05) is 0 Å². The van der Waals surface area contributed by atoms with Crippen LogP contribution >= 0.6 is 22.7 Å². The quantitative estimate of drug-likeness (QED) is 0.174. The van der Waals surface area contributed by atoms with Gasteiger partial charge in [-0.15, -0.1) is 22.7 Å². The fourth-order valence-corrected chi connectivity index (χ4v) is 10.5. The van der Waals surface area contributed by atoms with Gasteiger partial charge in [0.25, 0.3) is 0 Å². The van der Waals surface area contributed by atoms with Crippen LogP contribution in [0.2, 0.25) is 0 Å². The molecule has 6 heteroatoms. The molecular weight excluding hydrogens is 637 g/mol. The van der Waals surface area contributed by atoms with E-state index in [9.17, 15) is 0 Å². The van der Waals surface area contributed by atoms with Crippen LogP contribution in [-0.2, 0) is 0 Å². The first-order chi connectivity index (χ1) is 24.3. The number of hydrogen-bond donors (Lipinski definition) is 0. The maximum atomic E-state index is 5.51. The van der Waals surface area contributed by atoms with Crippen LogP contribution in [0.3, 0.4) is 0 Å². The molecular formula is C43H22N4S2. The molecule has 0 fully saturated rings. The lowest BCUT2D eigenvalue weighted by molar-refractivity contribution is 1.02. The van der Waals surface area contributed by atoms with E-state index in [0.29, 0.717) is 5.95 Å². The third kappa shape index (κ3) is 3.39. The van der Waals surface area contributed by atoms with Crippen molar-refractivity contribution in [2.45, 2.75) is 0 Å². The summed E-state index contributed by atoms with van der Waals surface area (Å²) >= 11 is 3.75. The third-order valence-corrected chi connectivity index (χ3v) is 12.6. The van der Waals surface area contributed by atoms with Gasteiger partial charge in [-0.2, -0.15) is 0 Å². The molecule has 0 spiro atoms. The highest BCUT2D eigenvalue weighted by Gasteiger charge is 2.26. The first-order valence-electron chi connectivity index (χ1n) is 16.4. The van der Waals surface area contributed by atoms with Gasteiger partial charge in [0.2, 0.25) is 5.95 Å². The molecule has 0 saturated carbocycles. The van der Waals surface area contributed by atoms with Crippen LogP contribution in [-0.4, -0.2) is 19.5 Å². The van der Waals surface area contributed by atoms with Crippen molar-refractivity contribution in [1.29, 1.82) is 0 Å². The standard InChI is InChI=1S/C43H22N4S2/c1-2-8-24(9-3-1)38-29-17-14-23-18-19-44-22-32(23)39(29)46-43(45-38)47-33-21-31-27-11-5-6-12-34(27)48-41(31)28-16-15-25-20-30-26-10-4-7-13-35(26)49-42(30)40(47)36(25)37(28)33/h1-22H. The van der Waals surface area contributed by atoms with Crippen molar-refractivity contribution in [2.24, 2.45) is 0 Å². The first kappa shape index (κ1) is 26.1. The average molecular weight is 659 g/mol. The molecule has 0 aliphatic rings. The second-order valence-electron chi connectivity index (χ2n) is 12.8. The van der Waals surface area contributed by atoms with Gasteiger partial charge in [0, 0.05) is 80.5 Å². The molecule has 12 aromatic rings. The van der Waals surface area contributed by atoms with Crippen LogP contribution in [0.15, 0.2) is 134 Å². The van der Waals surface area contributed by atoms with E-state index < -0.39 is 0 Å². The fourth-order valence-electron chi connectivity index (χ4n) is 8.10. The minimum Gasteiger partial charge on any atom is -0.276 e. The molecule has 0 aliphatic heterocycles. The molecule has 226 valence electrons.